The maximum absolute atomic E-state index is 12.4. The van der Waals surface area contributed by atoms with Gasteiger partial charge in [-0.15, -0.1) is 0 Å². The molecule has 7 heteroatoms. The number of hydrogen-bond acceptors (Lipinski definition) is 5. The SMILES string of the molecule is N#Cc1cccc(N[C@H]2CO[C@@]3(CCN(C(=O)c4cnc[nH]4)C3)C2)c1. The number of nitriles is 1. The predicted molar refractivity (Wildman–Crippen MR) is 91.0 cm³/mol. The number of H-pyrrole nitrogens is 1. The number of aromatic nitrogens is 2. The molecule has 4 rings (SSSR count). The quantitative estimate of drug-likeness (QED) is 0.890. The highest BCUT2D eigenvalue weighted by atomic mass is 16.5. The number of benzene rings is 1. The van der Waals surface area contributed by atoms with Gasteiger partial charge >= 0.3 is 0 Å². The van der Waals surface area contributed by atoms with Gasteiger partial charge in [-0.05, 0) is 24.6 Å². The summed E-state index contributed by atoms with van der Waals surface area (Å²) in [4.78, 5) is 21.0. The summed E-state index contributed by atoms with van der Waals surface area (Å²) in [5.74, 6) is -0.0314. The molecule has 0 unspecified atom stereocenters. The molecule has 7 nitrogen and oxygen atoms in total. The summed E-state index contributed by atoms with van der Waals surface area (Å²) < 4.78 is 6.09. The Morgan fingerprint density at radius 2 is 2.44 bits per heavy atom. The van der Waals surface area contributed by atoms with Gasteiger partial charge < -0.3 is 19.9 Å². The Balaban J connectivity index is 1.39. The fourth-order valence-electron chi connectivity index (χ4n) is 3.70. The molecule has 2 aliphatic heterocycles. The first-order valence-corrected chi connectivity index (χ1v) is 8.36. The third-order valence-corrected chi connectivity index (χ3v) is 4.90. The van der Waals surface area contributed by atoms with Crippen molar-refractivity contribution in [2.75, 3.05) is 25.0 Å². The molecule has 1 aromatic heterocycles. The zero-order chi connectivity index (χ0) is 17.3. The summed E-state index contributed by atoms with van der Waals surface area (Å²) in [6.45, 7) is 1.89. The van der Waals surface area contributed by atoms with Crippen LogP contribution < -0.4 is 5.32 Å². The summed E-state index contributed by atoms with van der Waals surface area (Å²) in [6.07, 6.45) is 4.75. The molecule has 2 aromatic rings. The minimum absolute atomic E-state index is 0.0314. The third-order valence-electron chi connectivity index (χ3n) is 4.90. The van der Waals surface area contributed by atoms with Gasteiger partial charge in [-0.1, -0.05) is 6.07 Å². The lowest BCUT2D eigenvalue weighted by Crippen LogP contribution is -2.36. The highest BCUT2D eigenvalue weighted by Gasteiger charge is 2.47. The van der Waals surface area contributed by atoms with E-state index in [2.05, 4.69) is 21.4 Å². The van der Waals surface area contributed by atoms with E-state index in [4.69, 9.17) is 10.00 Å². The van der Waals surface area contributed by atoms with E-state index in [0.717, 1.165) is 18.5 Å². The van der Waals surface area contributed by atoms with Gasteiger partial charge in [0, 0.05) is 18.7 Å². The average molecular weight is 337 g/mol. The number of imidazole rings is 1. The van der Waals surface area contributed by atoms with Crippen LogP contribution in [0.4, 0.5) is 5.69 Å². The second kappa shape index (κ2) is 6.22. The Labute approximate surface area is 145 Å². The fourth-order valence-corrected chi connectivity index (χ4v) is 3.70. The molecule has 1 aromatic carbocycles. The van der Waals surface area contributed by atoms with Crippen LogP contribution in [-0.2, 0) is 4.74 Å². The van der Waals surface area contributed by atoms with E-state index in [-0.39, 0.29) is 17.6 Å². The molecular weight excluding hydrogens is 318 g/mol. The molecular formula is C18H19N5O2. The average Bonchev–Trinajstić information content (AvgIpc) is 3.37. The normalized spacial score (nSPS) is 25.2. The number of aromatic amines is 1. The van der Waals surface area contributed by atoms with E-state index >= 15 is 0 Å². The smallest absolute Gasteiger partial charge is 0.272 e. The van der Waals surface area contributed by atoms with E-state index < -0.39 is 0 Å². The maximum Gasteiger partial charge on any atom is 0.272 e. The lowest BCUT2D eigenvalue weighted by Gasteiger charge is -2.23. The van der Waals surface area contributed by atoms with Gasteiger partial charge in [0.15, 0.2) is 0 Å². The summed E-state index contributed by atoms with van der Waals surface area (Å²) in [5.41, 5.74) is 1.79. The number of amides is 1. The Kier molecular flexibility index (Phi) is 3.90. The zero-order valence-corrected chi connectivity index (χ0v) is 13.7. The first kappa shape index (κ1) is 15.7. The van der Waals surface area contributed by atoms with Crippen LogP contribution in [0.3, 0.4) is 0 Å². The number of nitrogens with one attached hydrogen (secondary N) is 2. The molecule has 1 amide bonds. The number of hydrogen-bond donors (Lipinski definition) is 2. The predicted octanol–water partition coefficient (Wildman–Crippen LogP) is 1.77. The van der Waals surface area contributed by atoms with Crippen molar-refractivity contribution >= 4 is 11.6 Å². The lowest BCUT2D eigenvalue weighted by molar-refractivity contribution is 0.0124. The Hall–Kier alpha value is -2.85. The van der Waals surface area contributed by atoms with Gasteiger partial charge in [0.25, 0.3) is 5.91 Å². The Bertz CT molecular complexity index is 813. The third kappa shape index (κ3) is 3.08. The van der Waals surface area contributed by atoms with Crippen LogP contribution in [-0.4, -0.2) is 52.1 Å². The molecule has 2 fully saturated rings. The van der Waals surface area contributed by atoms with Crippen molar-refractivity contribution < 1.29 is 9.53 Å². The second-order valence-electron chi connectivity index (χ2n) is 6.67. The molecule has 2 saturated heterocycles. The van der Waals surface area contributed by atoms with Crippen molar-refractivity contribution in [3.05, 3.63) is 48.0 Å². The Morgan fingerprint density at radius 1 is 1.52 bits per heavy atom. The molecule has 128 valence electrons. The van der Waals surface area contributed by atoms with Gasteiger partial charge in [0.1, 0.15) is 5.69 Å². The lowest BCUT2D eigenvalue weighted by atomic mass is 9.97. The summed E-state index contributed by atoms with van der Waals surface area (Å²) >= 11 is 0. The molecule has 2 N–H and O–H groups in total. The maximum atomic E-state index is 12.4. The number of rotatable bonds is 3. The fraction of sp³-hybridized carbons (Fsp3) is 0.389. The topological polar surface area (TPSA) is 94.0 Å². The van der Waals surface area contributed by atoms with Crippen molar-refractivity contribution in [1.29, 1.82) is 5.26 Å². The molecule has 0 aliphatic carbocycles. The molecule has 0 bridgehead atoms. The van der Waals surface area contributed by atoms with Gasteiger partial charge in [-0.3, -0.25) is 4.79 Å². The van der Waals surface area contributed by atoms with Crippen molar-refractivity contribution in [3.63, 3.8) is 0 Å². The minimum Gasteiger partial charge on any atom is -0.380 e. The van der Waals surface area contributed by atoms with Gasteiger partial charge in [-0.2, -0.15) is 5.26 Å². The van der Waals surface area contributed by atoms with Gasteiger partial charge in [-0.25, -0.2) is 4.98 Å². The summed E-state index contributed by atoms with van der Waals surface area (Å²) in [6, 6.07) is 9.77. The van der Waals surface area contributed by atoms with Crippen LogP contribution in [0, 0.1) is 11.3 Å². The summed E-state index contributed by atoms with van der Waals surface area (Å²) in [5, 5.41) is 12.4. The number of anilines is 1. The van der Waals surface area contributed by atoms with Crippen molar-refractivity contribution in [1.82, 2.24) is 14.9 Å². The molecule has 0 saturated carbocycles. The zero-order valence-electron chi connectivity index (χ0n) is 13.7. The number of nitrogens with zero attached hydrogens (tertiary/aromatic N) is 3. The van der Waals surface area contributed by atoms with Crippen LogP contribution in [0.1, 0.15) is 28.9 Å². The number of likely N-dealkylation sites (tertiary alicyclic amines) is 1. The summed E-state index contributed by atoms with van der Waals surface area (Å²) in [7, 11) is 0. The van der Waals surface area contributed by atoms with E-state index in [9.17, 15) is 4.79 Å². The largest absolute Gasteiger partial charge is 0.380 e. The van der Waals surface area contributed by atoms with Crippen molar-refractivity contribution in [2.24, 2.45) is 0 Å². The van der Waals surface area contributed by atoms with E-state index in [0.29, 0.717) is 31.0 Å². The van der Waals surface area contributed by atoms with Crippen LogP contribution in [0.2, 0.25) is 0 Å². The number of ether oxygens (including phenoxy) is 1. The standard InChI is InChI=1S/C18H19N5O2/c19-8-13-2-1-3-14(6-13)22-15-7-18(25-10-15)4-5-23(11-18)17(24)16-9-20-12-21-16/h1-3,6,9,12,15,22H,4-5,7,10-11H2,(H,20,21)/t15-,18+/m1/s1. The highest BCUT2D eigenvalue weighted by molar-refractivity contribution is 5.92. The van der Waals surface area contributed by atoms with Crippen LogP contribution in [0.15, 0.2) is 36.8 Å². The minimum atomic E-state index is -0.278. The number of carbonyl (C=O) groups excluding carboxylic acids is 1. The second-order valence-corrected chi connectivity index (χ2v) is 6.67. The molecule has 2 atom stereocenters. The molecule has 0 radical (unpaired) electrons. The van der Waals surface area contributed by atoms with E-state index in [1.165, 1.54) is 6.33 Å². The molecule has 3 heterocycles. The van der Waals surface area contributed by atoms with Crippen LogP contribution in [0.25, 0.3) is 0 Å². The molecule has 2 aliphatic rings. The monoisotopic (exact) mass is 337 g/mol. The Morgan fingerprint density at radius 3 is 3.24 bits per heavy atom. The van der Waals surface area contributed by atoms with E-state index in [1.807, 2.05) is 23.1 Å². The van der Waals surface area contributed by atoms with Crippen LogP contribution >= 0.6 is 0 Å². The molecule has 25 heavy (non-hydrogen) atoms. The van der Waals surface area contributed by atoms with Crippen molar-refractivity contribution in [3.8, 4) is 6.07 Å². The molecule has 1 spiro atoms. The van der Waals surface area contributed by atoms with E-state index in [1.54, 1.807) is 12.3 Å². The van der Waals surface area contributed by atoms with Crippen molar-refractivity contribution in [2.45, 2.75) is 24.5 Å². The first-order valence-electron chi connectivity index (χ1n) is 8.36. The van der Waals surface area contributed by atoms with Gasteiger partial charge in [0.05, 0.1) is 49.0 Å². The first-order chi connectivity index (χ1) is 12.2. The van der Waals surface area contributed by atoms with Gasteiger partial charge in [0.2, 0.25) is 0 Å². The number of carbonyl (C=O) groups is 1. The van der Waals surface area contributed by atoms with Crippen LogP contribution in [0.5, 0.6) is 0 Å². The highest BCUT2D eigenvalue weighted by Crippen LogP contribution is 2.36.